The number of carbonyl (C=O) groups excluding carboxylic acids is 2. The van der Waals surface area contributed by atoms with Gasteiger partial charge in [0.2, 0.25) is 0 Å². The molecule has 0 aromatic heterocycles. The fourth-order valence-corrected chi connectivity index (χ4v) is 3.39. The van der Waals surface area contributed by atoms with E-state index >= 15 is 0 Å². The van der Waals surface area contributed by atoms with Crippen molar-refractivity contribution >= 4 is 27.8 Å². The minimum atomic E-state index is -1.16. The lowest BCUT2D eigenvalue weighted by atomic mass is 10.0. The number of carbonyl (C=O) groups is 2. The van der Waals surface area contributed by atoms with Gasteiger partial charge in [0.1, 0.15) is 11.6 Å². The quantitative estimate of drug-likeness (QED) is 0.511. The van der Waals surface area contributed by atoms with E-state index in [0.29, 0.717) is 5.56 Å². The van der Waals surface area contributed by atoms with Gasteiger partial charge in [-0.15, -0.1) is 0 Å². The fourth-order valence-electron chi connectivity index (χ4n) is 3.02. The molecular formula is C19H17BrFNO5. The van der Waals surface area contributed by atoms with Crippen molar-refractivity contribution < 1.29 is 28.2 Å². The number of hydrogen-bond donors (Lipinski definition) is 0. The number of esters is 1. The molecule has 1 aliphatic heterocycles. The predicted octanol–water partition coefficient (Wildman–Crippen LogP) is 3.44. The molecule has 8 heteroatoms. The molecule has 2 aromatic carbocycles. The molecule has 6 nitrogen and oxygen atoms in total. The van der Waals surface area contributed by atoms with Crippen molar-refractivity contribution in [1.29, 1.82) is 0 Å². The highest BCUT2D eigenvalue weighted by Gasteiger charge is 2.39. The molecule has 27 heavy (non-hydrogen) atoms. The highest BCUT2D eigenvalue weighted by molar-refractivity contribution is 9.10. The topological polar surface area (TPSA) is 65.1 Å². The van der Waals surface area contributed by atoms with E-state index in [2.05, 4.69) is 15.9 Å². The average Bonchev–Trinajstić information content (AvgIpc) is 2.97. The Morgan fingerprint density at radius 3 is 2.74 bits per heavy atom. The molecule has 0 spiro atoms. The van der Waals surface area contributed by atoms with Crippen LogP contribution in [0.4, 0.5) is 4.39 Å². The van der Waals surface area contributed by atoms with E-state index in [4.69, 9.17) is 14.2 Å². The standard InChI is InChI=1S/C19H17BrFNO5/c1-25-10-27-16-6-5-13(21)8-15(16)17(19(24)26-2)22-9-11-3-4-12(20)7-14(11)18(22)23/h3-8,17H,9-10H2,1-2H3. The van der Waals surface area contributed by atoms with Crippen molar-refractivity contribution in [2.45, 2.75) is 12.6 Å². The lowest BCUT2D eigenvalue weighted by molar-refractivity contribution is -0.146. The second-order valence-electron chi connectivity index (χ2n) is 5.89. The Morgan fingerprint density at radius 2 is 2.04 bits per heavy atom. The minimum absolute atomic E-state index is 0.0896. The molecule has 0 aliphatic carbocycles. The Kier molecular flexibility index (Phi) is 5.76. The summed E-state index contributed by atoms with van der Waals surface area (Å²) in [7, 11) is 2.66. The first-order valence-electron chi connectivity index (χ1n) is 8.04. The lowest BCUT2D eigenvalue weighted by Gasteiger charge is -2.27. The third-order valence-electron chi connectivity index (χ3n) is 4.24. The van der Waals surface area contributed by atoms with E-state index in [0.717, 1.165) is 10.0 Å². The van der Waals surface area contributed by atoms with E-state index in [1.807, 2.05) is 6.07 Å². The summed E-state index contributed by atoms with van der Waals surface area (Å²) < 4.78 is 30.0. The number of nitrogens with zero attached hydrogens (tertiary/aromatic N) is 1. The molecule has 0 saturated heterocycles. The number of rotatable bonds is 6. The van der Waals surface area contributed by atoms with Gasteiger partial charge < -0.3 is 19.1 Å². The van der Waals surface area contributed by atoms with Gasteiger partial charge in [0, 0.05) is 29.3 Å². The van der Waals surface area contributed by atoms with Gasteiger partial charge in [0.15, 0.2) is 12.8 Å². The summed E-state index contributed by atoms with van der Waals surface area (Å²) in [5, 5.41) is 0. The molecule has 0 radical (unpaired) electrons. The zero-order chi connectivity index (χ0) is 19.6. The first-order valence-corrected chi connectivity index (χ1v) is 8.84. The first kappa shape index (κ1) is 19.3. The molecule has 1 heterocycles. The van der Waals surface area contributed by atoms with Crippen LogP contribution in [0, 0.1) is 5.82 Å². The van der Waals surface area contributed by atoms with Crippen LogP contribution < -0.4 is 4.74 Å². The summed E-state index contributed by atoms with van der Waals surface area (Å²) in [6.45, 7) is 0.106. The van der Waals surface area contributed by atoms with Gasteiger partial charge in [-0.25, -0.2) is 9.18 Å². The number of amides is 1. The normalized spacial score (nSPS) is 14.1. The smallest absolute Gasteiger partial charge is 0.333 e. The summed E-state index contributed by atoms with van der Waals surface area (Å²) >= 11 is 3.34. The highest BCUT2D eigenvalue weighted by atomic mass is 79.9. The van der Waals surface area contributed by atoms with Crippen LogP contribution in [0.3, 0.4) is 0 Å². The molecule has 1 atom stereocenters. The number of hydrogen-bond acceptors (Lipinski definition) is 5. The van der Waals surface area contributed by atoms with E-state index < -0.39 is 17.8 Å². The summed E-state index contributed by atoms with van der Waals surface area (Å²) in [5.74, 6) is -1.36. The maximum Gasteiger partial charge on any atom is 0.333 e. The van der Waals surface area contributed by atoms with E-state index in [-0.39, 0.29) is 30.6 Å². The monoisotopic (exact) mass is 437 g/mol. The fraction of sp³-hybridized carbons (Fsp3) is 0.263. The largest absolute Gasteiger partial charge is 0.467 e. The van der Waals surface area contributed by atoms with Crippen LogP contribution in [0.25, 0.3) is 0 Å². The number of halogens is 2. The molecule has 1 aliphatic rings. The van der Waals surface area contributed by atoms with Crippen molar-refractivity contribution in [3.63, 3.8) is 0 Å². The van der Waals surface area contributed by atoms with Crippen molar-refractivity contribution in [2.75, 3.05) is 21.0 Å². The zero-order valence-electron chi connectivity index (χ0n) is 14.7. The van der Waals surface area contributed by atoms with Crippen LogP contribution in [-0.4, -0.2) is 37.8 Å². The van der Waals surface area contributed by atoms with Gasteiger partial charge in [-0.05, 0) is 35.9 Å². The van der Waals surface area contributed by atoms with Crippen molar-refractivity contribution in [2.24, 2.45) is 0 Å². The van der Waals surface area contributed by atoms with Gasteiger partial charge in [-0.2, -0.15) is 0 Å². The Hall–Kier alpha value is -2.45. The van der Waals surface area contributed by atoms with Crippen LogP contribution in [-0.2, 0) is 20.8 Å². The second kappa shape index (κ2) is 8.06. The summed E-state index contributed by atoms with van der Waals surface area (Å²) in [6, 6.07) is 7.93. The summed E-state index contributed by atoms with van der Waals surface area (Å²) in [5.41, 5.74) is 1.45. The van der Waals surface area contributed by atoms with Crippen LogP contribution in [0.5, 0.6) is 5.75 Å². The summed E-state index contributed by atoms with van der Waals surface area (Å²) in [4.78, 5) is 26.8. The molecule has 0 bridgehead atoms. The predicted molar refractivity (Wildman–Crippen MR) is 97.7 cm³/mol. The van der Waals surface area contributed by atoms with Crippen molar-refractivity contribution in [1.82, 2.24) is 4.90 Å². The molecule has 0 N–H and O–H groups in total. The summed E-state index contributed by atoms with van der Waals surface area (Å²) in [6.07, 6.45) is 0. The van der Waals surface area contributed by atoms with Crippen LogP contribution >= 0.6 is 15.9 Å². The molecule has 142 valence electrons. The van der Waals surface area contributed by atoms with Crippen LogP contribution in [0.2, 0.25) is 0 Å². The van der Waals surface area contributed by atoms with Crippen LogP contribution in [0.15, 0.2) is 40.9 Å². The first-order chi connectivity index (χ1) is 13.0. The zero-order valence-corrected chi connectivity index (χ0v) is 16.3. The van der Waals surface area contributed by atoms with E-state index in [1.165, 1.54) is 37.3 Å². The number of ether oxygens (including phenoxy) is 3. The Morgan fingerprint density at radius 1 is 1.26 bits per heavy atom. The van der Waals surface area contributed by atoms with E-state index in [1.54, 1.807) is 12.1 Å². The molecule has 0 fully saturated rings. The number of fused-ring (bicyclic) bond motifs is 1. The third-order valence-corrected chi connectivity index (χ3v) is 4.73. The molecular weight excluding hydrogens is 421 g/mol. The van der Waals surface area contributed by atoms with E-state index in [9.17, 15) is 14.0 Å². The second-order valence-corrected chi connectivity index (χ2v) is 6.81. The molecule has 1 amide bonds. The number of benzene rings is 2. The Balaban J connectivity index is 2.05. The lowest BCUT2D eigenvalue weighted by Crippen LogP contribution is -2.35. The minimum Gasteiger partial charge on any atom is -0.467 e. The highest BCUT2D eigenvalue weighted by Crippen LogP contribution is 2.37. The third kappa shape index (κ3) is 3.81. The van der Waals surface area contributed by atoms with Gasteiger partial charge in [0.25, 0.3) is 5.91 Å². The molecule has 0 saturated carbocycles. The van der Waals surface area contributed by atoms with Gasteiger partial charge in [0.05, 0.1) is 7.11 Å². The van der Waals surface area contributed by atoms with Gasteiger partial charge in [-0.3, -0.25) is 4.79 Å². The molecule has 3 rings (SSSR count). The van der Waals surface area contributed by atoms with Gasteiger partial charge in [-0.1, -0.05) is 22.0 Å². The SMILES string of the molecule is COCOc1ccc(F)cc1C(C(=O)OC)N1Cc2ccc(Br)cc2C1=O. The average molecular weight is 438 g/mol. The number of methoxy groups -OCH3 is 2. The Bertz CT molecular complexity index is 888. The maximum absolute atomic E-state index is 13.9. The molecule has 1 unspecified atom stereocenters. The maximum atomic E-state index is 13.9. The Labute approximate surface area is 163 Å². The van der Waals surface area contributed by atoms with Gasteiger partial charge >= 0.3 is 5.97 Å². The van der Waals surface area contributed by atoms with Crippen LogP contribution in [0.1, 0.15) is 27.5 Å². The van der Waals surface area contributed by atoms with Crippen molar-refractivity contribution in [3.05, 3.63) is 63.4 Å². The van der Waals surface area contributed by atoms with Crippen molar-refractivity contribution in [3.8, 4) is 5.75 Å². The molecule has 2 aromatic rings.